The van der Waals surface area contributed by atoms with Gasteiger partial charge in [-0.2, -0.15) is 0 Å². The monoisotopic (exact) mass is 850 g/mol. The maximum atomic E-state index is 9.47. The lowest BCUT2D eigenvalue weighted by atomic mass is 10.0. The van der Waals surface area contributed by atoms with E-state index < -0.39 is 0 Å². The zero-order valence-electron chi connectivity index (χ0n) is 31.9. The molecule has 0 saturated carbocycles. The zero-order chi connectivity index (χ0) is 39.6. The molecular weight excluding hydrogens is 809 g/mol. The van der Waals surface area contributed by atoms with Crippen LogP contribution in [0.3, 0.4) is 0 Å². The van der Waals surface area contributed by atoms with E-state index >= 15 is 0 Å². The molecule has 0 bridgehead atoms. The molecule has 0 aromatic carbocycles. The molecule has 2 unspecified atom stereocenters. The summed E-state index contributed by atoms with van der Waals surface area (Å²) in [6, 6.07) is 17.2. The van der Waals surface area contributed by atoms with Crippen LogP contribution in [-0.4, -0.2) is 13.2 Å². The Hall–Kier alpha value is -4.24. The van der Waals surface area contributed by atoms with Crippen LogP contribution in [-0.2, 0) is 0 Å². The van der Waals surface area contributed by atoms with Crippen molar-refractivity contribution in [1.82, 2.24) is 0 Å². The van der Waals surface area contributed by atoms with Crippen molar-refractivity contribution in [3.63, 3.8) is 0 Å². The number of ether oxygens (including phenoxy) is 2. The van der Waals surface area contributed by atoms with E-state index in [1.165, 1.54) is 41.4 Å². The SMILES string of the molecule is [C-]#[N+]/C(C#N)=C\c1sc(-c2cc3sc(-c4cc5sc(-c6cc(OCC(CC)CCCC)c(/C=C(\C#N)[N+]#[C-])s6)cc5s4)cc3s2)cc1OCC(CC)CCCC. The summed E-state index contributed by atoms with van der Waals surface area (Å²) in [5, 5.41) is 18.9. The smallest absolute Gasteiger partial charge is 0.263 e. The molecule has 6 heterocycles. The molecule has 0 fully saturated rings. The molecule has 0 radical (unpaired) electrons. The second kappa shape index (κ2) is 19.8. The van der Waals surface area contributed by atoms with Crippen LogP contribution in [0.25, 0.3) is 69.9 Å². The first-order valence-electron chi connectivity index (χ1n) is 18.9. The molecule has 0 saturated heterocycles. The topological polar surface area (TPSA) is 74.8 Å². The highest BCUT2D eigenvalue weighted by Crippen LogP contribution is 2.50. The average molecular weight is 851 g/mol. The van der Waals surface area contributed by atoms with Crippen LogP contribution in [0, 0.1) is 47.6 Å². The molecule has 12 heteroatoms. The predicted molar refractivity (Wildman–Crippen MR) is 243 cm³/mol. The van der Waals surface area contributed by atoms with E-state index in [0.29, 0.717) is 25.0 Å². The molecule has 0 aliphatic heterocycles. The van der Waals surface area contributed by atoms with Crippen molar-refractivity contribution in [1.29, 1.82) is 10.5 Å². The first-order valence-corrected chi connectivity index (χ1v) is 23.8. The van der Waals surface area contributed by atoms with Crippen molar-refractivity contribution in [3.8, 4) is 52.9 Å². The summed E-state index contributed by atoms with van der Waals surface area (Å²) in [4.78, 5) is 15.4. The van der Waals surface area contributed by atoms with Crippen LogP contribution in [0.15, 0.2) is 47.8 Å². The van der Waals surface area contributed by atoms with Gasteiger partial charge in [0.2, 0.25) is 0 Å². The standard InChI is InChI=1S/C44H42N4O2S6/c1-7-11-13-27(9-3)25-49-31-17-35(51-33(31)15-29(23-45)47-5)37-19-39-41(53-37)21-43(55-39)44-22-42-40(56-44)20-38(54-42)36-18-32(34(52-36)16-30(24-46)48-6)50-26-28(10-4)14-12-8-2/h15-22,27-28H,7-14,25-26H2,1-4H3/b29-15-,30-16+. The molecule has 0 spiro atoms. The normalized spacial score (nSPS) is 13.0. The summed E-state index contributed by atoms with van der Waals surface area (Å²) >= 11 is 10.3. The predicted octanol–water partition coefficient (Wildman–Crippen LogP) is 16.1. The number of thiophene rings is 6. The fourth-order valence-electron chi connectivity index (χ4n) is 6.24. The van der Waals surface area contributed by atoms with E-state index in [4.69, 9.17) is 22.6 Å². The molecule has 56 heavy (non-hydrogen) atoms. The Bertz CT molecular complexity index is 2260. The lowest BCUT2D eigenvalue weighted by Crippen LogP contribution is -2.11. The van der Waals surface area contributed by atoms with E-state index in [1.54, 1.807) is 80.2 Å². The lowest BCUT2D eigenvalue weighted by molar-refractivity contribution is 0.234. The van der Waals surface area contributed by atoms with Gasteiger partial charge in [0.25, 0.3) is 11.4 Å². The van der Waals surface area contributed by atoms with E-state index in [1.807, 2.05) is 12.1 Å². The van der Waals surface area contributed by atoms with Gasteiger partial charge in [-0.05, 0) is 61.1 Å². The molecule has 6 aromatic heterocycles. The van der Waals surface area contributed by atoms with Gasteiger partial charge in [0.15, 0.2) is 0 Å². The Morgan fingerprint density at radius 1 is 0.589 bits per heavy atom. The maximum Gasteiger partial charge on any atom is 0.263 e. The quantitative estimate of drug-likeness (QED) is 0.0601. The van der Waals surface area contributed by atoms with E-state index in [9.17, 15) is 10.5 Å². The minimum Gasteiger partial charge on any atom is -0.492 e. The van der Waals surface area contributed by atoms with Crippen LogP contribution in [0.4, 0.5) is 0 Å². The average Bonchev–Trinajstić information content (AvgIpc) is 4.06. The summed E-state index contributed by atoms with van der Waals surface area (Å²) in [7, 11) is 0. The van der Waals surface area contributed by atoms with Crippen LogP contribution < -0.4 is 9.47 Å². The molecule has 6 aromatic rings. The first kappa shape index (κ1) is 41.4. The van der Waals surface area contributed by atoms with Crippen molar-refractivity contribution in [3.05, 3.63) is 80.4 Å². The Kier molecular flexibility index (Phi) is 14.6. The summed E-state index contributed by atoms with van der Waals surface area (Å²) in [5.41, 5.74) is 0.113. The summed E-state index contributed by atoms with van der Waals surface area (Å²) in [5.74, 6) is 2.44. The second-order valence-electron chi connectivity index (χ2n) is 13.5. The number of fused-ring (bicyclic) bond motifs is 2. The summed E-state index contributed by atoms with van der Waals surface area (Å²) < 4.78 is 17.7. The number of hydrogen-bond donors (Lipinski definition) is 0. The molecule has 6 nitrogen and oxygen atoms in total. The molecule has 286 valence electrons. The maximum absolute atomic E-state index is 9.47. The van der Waals surface area contributed by atoms with Gasteiger partial charge in [-0.25, -0.2) is 20.2 Å². The van der Waals surface area contributed by atoms with Crippen molar-refractivity contribution >= 4 is 99.0 Å². The van der Waals surface area contributed by atoms with Crippen molar-refractivity contribution < 1.29 is 9.47 Å². The molecule has 6 rings (SSSR count). The van der Waals surface area contributed by atoms with Gasteiger partial charge < -0.3 is 9.47 Å². The highest BCUT2D eigenvalue weighted by atomic mass is 32.1. The van der Waals surface area contributed by atoms with Crippen LogP contribution >= 0.6 is 68.0 Å². The molecule has 2 atom stereocenters. The van der Waals surface area contributed by atoms with Crippen LogP contribution in [0.5, 0.6) is 11.5 Å². The largest absolute Gasteiger partial charge is 0.492 e. The van der Waals surface area contributed by atoms with E-state index in [2.05, 4.69) is 73.8 Å². The minimum absolute atomic E-state index is 0.0566. The number of hydrogen-bond acceptors (Lipinski definition) is 10. The molecule has 0 amide bonds. The summed E-state index contributed by atoms with van der Waals surface area (Å²) in [6.07, 6.45) is 12.4. The number of rotatable bonds is 19. The van der Waals surface area contributed by atoms with Crippen LogP contribution in [0.2, 0.25) is 0 Å². The van der Waals surface area contributed by atoms with E-state index in [0.717, 1.165) is 79.3 Å². The third-order valence-corrected chi connectivity index (χ3v) is 16.9. The van der Waals surface area contributed by atoms with Gasteiger partial charge in [0.1, 0.15) is 11.5 Å². The molecule has 0 N–H and O–H groups in total. The number of allylic oxidation sites excluding steroid dienone is 2. The Morgan fingerprint density at radius 2 is 0.929 bits per heavy atom. The molecule has 0 aliphatic rings. The van der Waals surface area contributed by atoms with Crippen molar-refractivity contribution in [2.45, 2.75) is 79.1 Å². The second-order valence-corrected chi connectivity index (χ2v) is 20.0. The van der Waals surface area contributed by atoms with Crippen molar-refractivity contribution in [2.75, 3.05) is 13.2 Å². The number of nitrogens with zero attached hydrogens (tertiary/aromatic N) is 4. The minimum atomic E-state index is 0.0566. The van der Waals surface area contributed by atoms with Gasteiger partial charge in [-0.3, -0.25) is 0 Å². The van der Waals surface area contributed by atoms with Crippen LogP contribution in [0.1, 0.15) is 88.8 Å². The number of unbranched alkanes of at least 4 members (excludes halogenated alkanes) is 2. The molecular formula is C44H42N4O2S6. The number of nitriles is 2. The van der Waals surface area contributed by atoms with Gasteiger partial charge in [-0.15, -0.1) is 68.0 Å². The van der Waals surface area contributed by atoms with Crippen molar-refractivity contribution in [2.24, 2.45) is 11.8 Å². The third-order valence-electron chi connectivity index (χ3n) is 9.63. The Morgan fingerprint density at radius 3 is 1.21 bits per heavy atom. The van der Waals surface area contributed by atoms with Gasteiger partial charge >= 0.3 is 0 Å². The lowest BCUT2D eigenvalue weighted by Gasteiger charge is -2.15. The highest BCUT2D eigenvalue weighted by Gasteiger charge is 2.20. The first-order chi connectivity index (χ1) is 27.3. The third kappa shape index (κ3) is 9.82. The van der Waals surface area contributed by atoms with Gasteiger partial charge in [0, 0.05) is 60.2 Å². The highest BCUT2D eigenvalue weighted by molar-refractivity contribution is 7.36. The fourth-order valence-corrected chi connectivity index (χ4v) is 13.3. The van der Waals surface area contributed by atoms with Gasteiger partial charge in [0.05, 0.1) is 48.3 Å². The summed E-state index contributed by atoms with van der Waals surface area (Å²) in [6.45, 7) is 24.9. The zero-order valence-corrected chi connectivity index (χ0v) is 36.8. The van der Waals surface area contributed by atoms with Gasteiger partial charge in [-0.1, -0.05) is 66.2 Å². The Labute approximate surface area is 353 Å². The molecule has 0 aliphatic carbocycles. The fraction of sp³-hybridized carbons (Fsp3) is 0.364. The Balaban J connectivity index is 1.22. The van der Waals surface area contributed by atoms with E-state index in [-0.39, 0.29) is 11.4 Å².